The molecule has 31 heavy (non-hydrogen) atoms. The maximum absolute atomic E-state index is 10.9. The van der Waals surface area contributed by atoms with E-state index >= 15 is 0 Å². The molecule has 1 N–H and O–H groups in total. The van der Waals surface area contributed by atoms with E-state index in [4.69, 9.17) is 27.9 Å². The first-order chi connectivity index (χ1) is 14.7. The second-order valence-corrected chi connectivity index (χ2v) is 8.78. The predicted octanol–water partition coefficient (Wildman–Crippen LogP) is 4.39. The van der Waals surface area contributed by atoms with Gasteiger partial charge >= 0.3 is 11.1 Å². The van der Waals surface area contributed by atoms with Gasteiger partial charge in [-0.2, -0.15) is 0 Å². The van der Waals surface area contributed by atoms with Gasteiger partial charge in [0.25, 0.3) is 0 Å². The number of halogens is 2. The molecule has 1 saturated heterocycles. The molecular weight excluding hydrogens is 443 g/mol. The molecule has 3 rings (SSSR count). The van der Waals surface area contributed by atoms with Crippen LogP contribution in [0.5, 0.6) is 0 Å². The molecule has 0 spiro atoms. The summed E-state index contributed by atoms with van der Waals surface area (Å²) >= 11 is 11.9. The molecule has 168 valence electrons. The number of aliphatic hydroxyl groups is 1. The third kappa shape index (κ3) is 6.43. The number of ether oxygens (including phenoxy) is 1. The maximum atomic E-state index is 10.9. The van der Waals surface area contributed by atoms with Gasteiger partial charge in [0, 0.05) is 30.2 Å². The van der Waals surface area contributed by atoms with E-state index in [1.165, 1.54) is 10.8 Å². The van der Waals surface area contributed by atoms with Crippen LogP contribution in [0, 0.1) is 10.1 Å². The zero-order valence-electron chi connectivity index (χ0n) is 17.5. The van der Waals surface area contributed by atoms with Crippen LogP contribution in [-0.2, 0) is 11.3 Å². The van der Waals surface area contributed by atoms with Crippen molar-refractivity contribution in [3.8, 4) is 0 Å². The molecule has 1 atom stereocenters. The molecule has 0 bridgehead atoms. The minimum Gasteiger partial charge on any atom is -0.490 e. The monoisotopic (exact) mass is 468 g/mol. The molecule has 0 saturated carbocycles. The van der Waals surface area contributed by atoms with Crippen LogP contribution in [0.4, 0.5) is 5.82 Å². The van der Waals surface area contributed by atoms with Gasteiger partial charge < -0.3 is 24.9 Å². The zero-order valence-corrected chi connectivity index (χ0v) is 19.0. The van der Waals surface area contributed by atoms with Crippen LogP contribution >= 0.6 is 23.2 Å². The Morgan fingerprint density at radius 2 is 1.97 bits per heavy atom. The van der Waals surface area contributed by atoms with Crippen LogP contribution in [0.15, 0.2) is 36.5 Å². The number of likely N-dealkylation sites (tertiary alicyclic amines) is 1. The number of allylic oxidation sites excluding steroid dienone is 1. The van der Waals surface area contributed by atoms with E-state index in [9.17, 15) is 15.2 Å². The summed E-state index contributed by atoms with van der Waals surface area (Å²) in [6.45, 7) is 5.71. The molecule has 2 heterocycles. The number of imidazole rings is 1. The molecule has 0 radical (unpaired) electrons. The number of hydrogen-bond donors (Lipinski definition) is 1. The molecule has 0 aliphatic carbocycles. The van der Waals surface area contributed by atoms with Crippen molar-refractivity contribution in [1.29, 1.82) is 0 Å². The van der Waals surface area contributed by atoms with E-state index < -0.39 is 10.5 Å². The lowest BCUT2D eigenvalue weighted by Crippen LogP contribution is -2.47. The first-order valence-electron chi connectivity index (χ1n) is 10.1. The van der Waals surface area contributed by atoms with Gasteiger partial charge in [0.05, 0.1) is 12.1 Å². The first-order valence-corrected chi connectivity index (χ1v) is 10.8. The van der Waals surface area contributed by atoms with Crippen LogP contribution in [0.2, 0.25) is 10.3 Å². The second kappa shape index (κ2) is 9.99. The number of nitrogens with zero attached hydrogens (tertiary/aromatic N) is 4. The summed E-state index contributed by atoms with van der Waals surface area (Å²) < 4.78 is 7.62. The van der Waals surface area contributed by atoms with E-state index in [1.807, 2.05) is 37.3 Å². The molecule has 10 heteroatoms. The molecule has 1 aliphatic heterocycles. The Bertz CT molecular complexity index is 935. The number of aromatic nitrogens is 2. The smallest absolute Gasteiger partial charge is 0.383 e. The Labute approximate surface area is 191 Å². The van der Waals surface area contributed by atoms with Gasteiger partial charge in [-0.3, -0.25) is 4.57 Å². The summed E-state index contributed by atoms with van der Waals surface area (Å²) in [7, 11) is 0. The van der Waals surface area contributed by atoms with Gasteiger partial charge in [0.1, 0.15) is 18.1 Å². The van der Waals surface area contributed by atoms with E-state index in [0.29, 0.717) is 11.6 Å². The Morgan fingerprint density at radius 1 is 1.32 bits per heavy atom. The highest BCUT2D eigenvalue weighted by atomic mass is 35.5. The zero-order chi connectivity index (χ0) is 22.6. The lowest BCUT2D eigenvalue weighted by Gasteiger charge is -2.37. The minimum absolute atomic E-state index is 0.0137. The van der Waals surface area contributed by atoms with Crippen molar-refractivity contribution in [3.05, 3.63) is 62.5 Å². The second-order valence-electron chi connectivity index (χ2n) is 8.00. The standard InChI is InChI=1S/C21H26Cl2N4O4/c1-3-18(15-4-6-16(22)7-5-15)31-17-8-10-25(11-9-17)13-21(2,28)14-26-12-19(27(29)30)24-20(26)23/h3-7,12,17,28H,8-11,13-14H2,1-2H3/t21-/m0/s1. The molecule has 1 aromatic heterocycles. The van der Waals surface area contributed by atoms with Crippen molar-refractivity contribution in [3.63, 3.8) is 0 Å². The number of nitro groups is 1. The van der Waals surface area contributed by atoms with Crippen molar-refractivity contribution in [2.24, 2.45) is 0 Å². The minimum atomic E-state index is -1.12. The normalized spacial score (nSPS) is 18.0. The fourth-order valence-electron chi connectivity index (χ4n) is 3.76. The molecule has 8 nitrogen and oxygen atoms in total. The fourth-order valence-corrected chi connectivity index (χ4v) is 4.08. The molecule has 1 aromatic carbocycles. The van der Waals surface area contributed by atoms with Gasteiger partial charge in [0.2, 0.25) is 0 Å². The van der Waals surface area contributed by atoms with Crippen LogP contribution in [0.3, 0.4) is 0 Å². The van der Waals surface area contributed by atoms with Crippen LogP contribution < -0.4 is 0 Å². The molecule has 2 aromatic rings. The van der Waals surface area contributed by atoms with Crippen molar-refractivity contribution in [2.45, 2.75) is 44.9 Å². The highest BCUT2D eigenvalue weighted by Gasteiger charge is 2.30. The Kier molecular flexibility index (Phi) is 7.59. The predicted molar refractivity (Wildman–Crippen MR) is 120 cm³/mol. The molecule has 1 fully saturated rings. The highest BCUT2D eigenvalue weighted by Crippen LogP contribution is 2.26. The maximum Gasteiger partial charge on any atom is 0.383 e. The third-order valence-corrected chi connectivity index (χ3v) is 5.75. The Morgan fingerprint density at radius 3 is 2.52 bits per heavy atom. The van der Waals surface area contributed by atoms with E-state index in [1.54, 1.807) is 6.92 Å². The summed E-state index contributed by atoms with van der Waals surface area (Å²) in [6.07, 6.45) is 4.95. The first kappa shape index (κ1) is 23.5. The number of rotatable bonds is 8. The summed E-state index contributed by atoms with van der Waals surface area (Å²) in [5.41, 5.74) is -0.132. The average Bonchev–Trinajstić information content (AvgIpc) is 3.08. The van der Waals surface area contributed by atoms with Crippen LogP contribution in [0.25, 0.3) is 5.76 Å². The van der Waals surface area contributed by atoms with Gasteiger partial charge in [-0.05, 0) is 78.5 Å². The topological polar surface area (TPSA) is 93.7 Å². The molecular formula is C21H26Cl2N4O4. The number of β-amino-alcohol motifs (C(OH)–C–C–N with tert-alkyl or cyclic N) is 1. The van der Waals surface area contributed by atoms with E-state index in [-0.39, 0.29) is 23.8 Å². The highest BCUT2D eigenvalue weighted by molar-refractivity contribution is 6.30. The Hall–Kier alpha value is -2.13. The summed E-state index contributed by atoms with van der Waals surface area (Å²) in [4.78, 5) is 16.1. The lowest BCUT2D eigenvalue weighted by molar-refractivity contribution is -0.389. The Balaban J connectivity index is 1.52. The summed E-state index contributed by atoms with van der Waals surface area (Å²) in [5, 5.41) is 22.4. The van der Waals surface area contributed by atoms with Crippen LogP contribution in [-0.4, -0.2) is 55.8 Å². The molecule has 0 unspecified atom stereocenters. The lowest BCUT2D eigenvalue weighted by atomic mass is 10.0. The van der Waals surface area contributed by atoms with E-state index in [0.717, 1.165) is 37.3 Å². The van der Waals surface area contributed by atoms with Gasteiger partial charge in [-0.25, -0.2) is 0 Å². The molecule has 1 aliphatic rings. The summed E-state index contributed by atoms with van der Waals surface area (Å²) in [6, 6.07) is 7.57. The fraction of sp³-hybridized carbons (Fsp3) is 0.476. The van der Waals surface area contributed by atoms with Gasteiger partial charge in [-0.15, -0.1) is 0 Å². The quantitative estimate of drug-likeness (QED) is 0.350. The van der Waals surface area contributed by atoms with Crippen molar-refractivity contribution < 1.29 is 14.8 Å². The van der Waals surface area contributed by atoms with Gasteiger partial charge in [-0.1, -0.05) is 11.6 Å². The summed E-state index contributed by atoms with van der Waals surface area (Å²) in [5.74, 6) is 0.498. The van der Waals surface area contributed by atoms with Crippen molar-refractivity contribution in [1.82, 2.24) is 14.5 Å². The largest absolute Gasteiger partial charge is 0.490 e. The number of hydrogen-bond acceptors (Lipinski definition) is 6. The van der Waals surface area contributed by atoms with E-state index in [2.05, 4.69) is 9.88 Å². The van der Waals surface area contributed by atoms with Gasteiger partial charge in [0.15, 0.2) is 0 Å². The number of piperidine rings is 1. The SMILES string of the molecule is CC=C(OC1CCN(C[C@](C)(O)Cn2cc([N+](=O)[O-])nc2Cl)CC1)c1ccc(Cl)cc1. The number of benzene rings is 1. The van der Waals surface area contributed by atoms with Crippen molar-refractivity contribution in [2.75, 3.05) is 19.6 Å². The molecule has 0 amide bonds. The van der Waals surface area contributed by atoms with Crippen molar-refractivity contribution >= 4 is 34.8 Å². The third-order valence-electron chi connectivity index (χ3n) is 5.20. The average molecular weight is 469 g/mol. The van der Waals surface area contributed by atoms with Crippen LogP contribution in [0.1, 0.15) is 32.3 Å².